The number of nitrogens with one attached hydrogen (secondary N) is 2. The number of carbonyl (C=O) groups is 2. The Morgan fingerprint density at radius 3 is 2.44 bits per heavy atom. The van der Waals surface area contributed by atoms with Crippen LogP contribution in [-0.4, -0.2) is 25.5 Å². The number of hydrogen-bond acceptors (Lipinski definition) is 4. The van der Waals surface area contributed by atoms with Crippen LogP contribution >= 0.6 is 11.3 Å². The summed E-state index contributed by atoms with van der Waals surface area (Å²) >= 11 is 1.38. The van der Waals surface area contributed by atoms with Gasteiger partial charge in [0.05, 0.1) is 12.0 Å². The number of thiophene rings is 1. The van der Waals surface area contributed by atoms with Gasteiger partial charge in [0.1, 0.15) is 5.75 Å². The van der Waals surface area contributed by atoms with Crippen molar-refractivity contribution in [3.63, 3.8) is 0 Å². The first-order valence-corrected chi connectivity index (χ1v) is 9.40. The van der Waals surface area contributed by atoms with Gasteiger partial charge in [-0.2, -0.15) is 0 Å². The molecule has 2 amide bonds. The first-order chi connectivity index (χ1) is 13.2. The number of rotatable bonds is 7. The summed E-state index contributed by atoms with van der Waals surface area (Å²) in [5.41, 5.74) is 2.25. The van der Waals surface area contributed by atoms with E-state index in [-0.39, 0.29) is 11.8 Å². The Kier molecular flexibility index (Phi) is 6.22. The second kappa shape index (κ2) is 9.00. The maximum absolute atomic E-state index is 12.3. The van der Waals surface area contributed by atoms with Gasteiger partial charge in [0.15, 0.2) is 0 Å². The Morgan fingerprint density at radius 2 is 1.74 bits per heavy atom. The Balaban J connectivity index is 1.52. The minimum atomic E-state index is -0.154. The predicted octanol–water partition coefficient (Wildman–Crippen LogP) is 3.98. The van der Waals surface area contributed by atoms with Crippen molar-refractivity contribution in [2.45, 2.75) is 6.42 Å². The summed E-state index contributed by atoms with van der Waals surface area (Å²) in [7, 11) is 1.64. The fourth-order valence-electron chi connectivity index (χ4n) is 2.63. The number of para-hydroxylation sites is 1. The molecule has 0 aliphatic heterocycles. The molecule has 0 spiro atoms. The van der Waals surface area contributed by atoms with Crippen LogP contribution in [0.25, 0.3) is 0 Å². The molecule has 2 N–H and O–H groups in total. The van der Waals surface area contributed by atoms with Crippen molar-refractivity contribution in [3.8, 4) is 5.75 Å². The van der Waals surface area contributed by atoms with E-state index in [4.69, 9.17) is 4.74 Å². The normalized spacial score (nSPS) is 10.3. The number of hydrogen-bond donors (Lipinski definition) is 2. The van der Waals surface area contributed by atoms with Gasteiger partial charge in [-0.25, -0.2) is 0 Å². The zero-order valence-electron chi connectivity index (χ0n) is 14.9. The molecule has 0 atom stereocenters. The second-order valence-corrected chi connectivity index (χ2v) is 6.77. The Hall–Kier alpha value is -3.12. The van der Waals surface area contributed by atoms with Gasteiger partial charge < -0.3 is 15.4 Å². The Labute approximate surface area is 162 Å². The van der Waals surface area contributed by atoms with Crippen LogP contribution in [0.4, 0.5) is 5.69 Å². The van der Waals surface area contributed by atoms with Gasteiger partial charge in [-0.05, 0) is 53.8 Å². The molecule has 0 saturated carbocycles. The highest BCUT2D eigenvalue weighted by molar-refractivity contribution is 7.12. The minimum absolute atomic E-state index is 0.152. The van der Waals surface area contributed by atoms with E-state index in [0.29, 0.717) is 29.1 Å². The van der Waals surface area contributed by atoms with E-state index >= 15 is 0 Å². The van der Waals surface area contributed by atoms with E-state index in [1.54, 1.807) is 37.4 Å². The monoisotopic (exact) mass is 380 g/mol. The van der Waals surface area contributed by atoms with E-state index < -0.39 is 0 Å². The lowest BCUT2D eigenvalue weighted by molar-refractivity contribution is 0.0953. The van der Waals surface area contributed by atoms with Crippen molar-refractivity contribution in [2.75, 3.05) is 19.0 Å². The van der Waals surface area contributed by atoms with Crippen molar-refractivity contribution in [3.05, 3.63) is 82.0 Å². The lowest BCUT2D eigenvalue weighted by Crippen LogP contribution is -2.25. The molecule has 0 radical (unpaired) electrons. The van der Waals surface area contributed by atoms with Crippen molar-refractivity contribution < 1.29 is 14.3 Å². The topological polar surface area (TPSA) is 67.4 Å². The first kappa shape index (κ1) is 18.7. The Morgan fingerprint density at radius 1 is 0.963 bits per heavy atom. The Bertz CT molecular complexity index is 905. The van der Waals surface area contributed by atoms with Crippen LogP contribution in [0.1, 0.15) is 25.6 Å². The molecule has 0 fully saturated rings. The quantitative estimate of drug-likeness (QED) is 0.651. The summed E-state index contributed by atoms with van der Waals surface area (Å²) in [6.07, 6.45) is 0.685. The van der Waals surface area contributed by atoms with Crippen molar-refractivity contribution >= 4 is 28.8 Å². The fraction of sp³-hybridized carbons (Fsp3) is 0.143. The van der Waals surface area contributed by atoms with Crippen molar-refractivity contribution in [1.82, 2.24) is 5.32 Å². The average Bonchev–Trinajstić information content (AvgIpc) is 3.24. The third kappa shape index (κ3) is 4.95. The van der Waals surface area contributed by atoms with E-state index in [1.807, 2.05) is 35.7 Å². The van der Waals surface area contributed by atoms with Gasteiger partial charge in [0.2, 0.25) is 0 Å². The van der Waals surface area contributed by atoms with Crippen LogP contribution in [0.3, 0.4) is 0 Å². The summed E-state index contributed by atoms with van der Waals surface area (Å²) in [6, 6.07) is 18.2. The molecule has 3 rings (SSSR count). The molecule has 0 aliphatic carbocycles. The van der Waals surface area contributed by atoms with Crippen molar-refractivity contribution in [1.29, 1.82) is 0 Å². The molecule has 1 aromatic heterocycles. The molecule has 0 bridgehead atoms. The SMILES string of the molecule is COc1ccccc1CCNC(=O)c1ccc(NC(=O)c2cccs2)cc1. The summed E-state index contributed by atoms with van der Waals surface area (Å²) in [4.78, 5) is 25.0. The molecule has 0 unspecified atom stereocenters. The molecule has 5 nitrogen and oxygen atoms in total. The number of methoxy groups -OCH3 is 1. The molecule has 1 heterocycles. The molecular weight excluding hydrogens is 360 g/mol. The van der Waals surface area contributed by atoms with Gasteiger partial charge in [-0.3, -0.25) is 9.59 Å². The van der Waals surface area contributed by atoms with Crippen LogP contribution in [0.15, 0.2) is 66.0 Å². The summed E-state index contributed by atoms with van der Waals surface area (Å²) in [6.45, 7) is 0.510. The zero-order chi connectivity index (χ0) is 19.1. The molecule has 138 valence electrons. The second-order valence-electron chi connectivity index (χ2n) is 5.83. The highest BCUT2D eigenvalue weighted by Crippen LogP contribution is 2.17. The fourth-order valence-corrected chi connectivity index (χ4v) is 3.25. The van der Waals surface area contributed by atoms with Gasteiger partial charge in [-0.15, -0.1) is 11.3 Å². The summed E-state index contributed by atoms with van der Waals surface area (Å²) < 4.78 is 5.31. The standard InChI is InChI=1S/C21H20N2O3S/c1-26-18-6-3-2-5-15(18)12-13-22-20(24)16-8-10-17(11-9-16)23-21(25)19-7-4-14-27-19/h2-11,14H,12-13H2,1H3,(H,22,24)(H,23,25). The van der Waals surface area contributed by atoms with Gasteiger partial charge in [0, 0.05) is 17.8 Å². The first-order valence-electron chi connectivity index (χ1n) is 8.52. The summed E-state index contributed by atoms with van der Waals surface area (Å²) in [5.74, 6) is 0.512. The van der Waals surface area contributed by atoms with Crippen LogP contribution in [0, 0.1) is 0 Å². The molecule has 6 heteroatoms. The smallest absolute Gasteiger partial charge is 0.265 e. The molecule has 3 aromatic rings. The molecule has 27 heavy (non-hydrogen) atoms. The van der Waals surface area contributed by atoms with Gasteiger partial charge in [0.25, 0.3) is 11.8 Å². The number of ether oxygens (including phenoxy) is 1. The van der Waals surface area contributed by atoms with Crippen LogP contribution in [0.2, 0.25) is 0 Å². The lowest BCUT2D eigenvalue weighted by atomic mass is 10.1. The molecule has 0 saturated heterocycles. The predicted molar refractivity (Wildman–Crippen MR) is 108 cm³/mol. The van der Waals surface area contributed by atoms with E-state index in [9.17, 15) is 9.59 Å². The van der Waals surface area contributed by atoms with E-state index in [2.05, 4.69) is 10.6 Å². The van der Waals surface area contributed by atoms with Crippen LogP contribution < -0.4 is 15.4 Å². The molecule has 0 aliphatic rings. The van der Waals surface area contributed by atoms with Crippen LogP contribution in [0.5, 0.6) is 5.75 Å². The van der Waals surface area contributed by atoms with Crippen molar-refractivity contribution in [2.24, 2.45) is 0 Å². The average molecular weight is 380 g/mol. The molecule has 2 aromatic carbocycles. The van der Waals surface area contributed by atoms with Crippen LogP contribution in [-0.2, 0) is 6.42 Å². The van der Waals surface area contributed by atoms with Gasteiger partial charge >= 0.3 is 0 Å². The largest absolute Gasteiger partial charge is 0.496 e. The third-order valence-corrected chi connectivity index (χ3v) is 4.89. The number of anilines is 1. The minimum Gasteiger partial charge on any atom is -0.496 e. The number of amides is 2. The highest BCUT2D eigenvalue weighted by Gasteiger charge is 2.09. The zero-order valence-corrected chi connectivity index (χ0v) is 15.7. The molecular formula is C21H20N2O3S. The van der Waals surface area contributed by atoms with Gasteiger partial charge in [-0.1, -0.05) is 24.3 Å². The number of benzene rings is 2. The number of carbonyl (C=O) groups excluding carboxylic acids is 2. The summed E-state index contributed by atoms with van der Waals surface area (Å²) in [5, 5.41) is 7.57. The van der Waals surface area contributed by atoms with E-state index in [1.165, 1.54) is 11.3 Å². The lowest BCUT2D eigenvalue weighted by Gasteiger charge is -2.09. The van der Waals surface area contributed by atoms with E-state index in [0.717, 1.165) is 11.3 Å². The highest BCUT2D eigenvalue weighted by atomic mass is 32.1. The third-order valence-electron chi connectivity index (χ3n) is 4.02. The maximum Gasteiger partial charge on any atom is 0.265 e. The maximum atomic E-state index is 12.3.